The van der Waals surface area contributed by atoms with Gasteiger partial charge in [0.05, 0.1) is 16.2 Å². The monoisotopic (exact) mass is 431 g/mol. The molecule has 3 rings (SSSR count). The number of non-ortho nitro benzene ring substituents is 1. The number of aryl methyl sites for hydroxylation is 1. The second-order valence-electron chi connectivity index (χ2n) is 5.77. The normalized spacial score (nSPS) is 10.6. The van der Waals surface area contributed by atoms with Crippen LogP contribution in [0.4, 0.5) is 11.4 Å². The lowest BCUT2D eigenvalue weighted by atomic mass is 10.2. The maximum absolute atomic E-state index is 12.3. The Hall–Kier alpha value is -3.20. The standard InChI is InChI=1S/C18H14BrN3O5/c1-10-2-4-12(22(25)26)7-16(10)21-17(23)9-27-18(24)14-8-20-15-5-3-11(19)6-13(14)15/h2-8,20H,9H2,1H3,(H,21,23). The molecule has 8 nitrogen and oxygen atoms in total. The van der Waals surface area contributed by atoms with E-state index in [-0.39, 0.29) is 5.69 Å². The van der Waals surface area contributed by atoms with Crippen molar-refractivity contribution in [2.24, 2.45) is 0 Å². The first-order valence-electron chi connectivity index (χ1n) is 7.84. The number of fused-ring (bicyclic) bond motifs is 1. The summed E-state index contributed by atoms with van der Waals surface area (Å²) in [6.07, 6.45) is 1.52. The molecule has 0 aliphatic heterocycles. The van der Waals surface area contributed by atoms with E-state index in [1.165, 1.54) is 24.4 Å². The molecule has 0 saturated heterocycles. The minimum atomic E-state index is -0.648. The Bertz CT molecular complexity index is 1060. The molecule has 0 radical (unpaired) electrons. The SMILES string of the molecule is Cc1ccc([N+](=O)[O-])cc1NC(=O)COC(=O)c1c[nH]c2ccc(Br)cc12. The topological polar surface area (TPSA) is 114 Å². The molecule has 2 aromatic carbocycles. The quantitative estimate of drug-likeness (QED) is 0.360. The van der Waals surface area contributed by atoms with Gasteiger partial charge in [0.2, 0.25) is 0 Å². The van der Waals surface area contributed by atoms with Crippen LogP contribution in [-0.2, 0) is 9.53 Å². The molecule has 0 spiro atoms. The van der Waals surface area contributed by atoms with Gasteiger partial charge in [0, 0.05) is 33.7 Å². The Morgan fingerprint density at radius 3 is 2.78 bits per heavy atom. The molecular formula is C18H14BrN3O5. The average Bonchev–Trinajstić information content (AvgIpc) is 3.04. The van der Waals surface area contributed by atoms with Crippen LogP contribution in [0.1, 0.15) is 15.9 Å². The highest BCUT2D eigenvalue weighted by Gasteiger charge is 2.16. The van der Waals surface area contributed by atoms with Gasteiger partial charge in [0.1, 0.15) is 0 Å². The van der Waals surface area contributed by atoms with Gasteiger partial charge in [-0.05, 0) is 30.7 Å². The number of nitrogens with one attached hydrogen (secondary N) is 2. The van der Waals surface area contributed by atoms with Crippen LogP contribution >= 0.6 is 15.9 Å². The summed E-state index contributed by atoms with van der Waals surface area (Å²) in [5, 5.41) is 14.0. The molecule has 0 bridgehead atoms. The number of rotatable bonds is 5. The fourth-order valence-electron chi connectivity index (χ4n) is 2.52. The molecular weight excluding hydrogens is 418 g/mol. The van der Waals surface area contributed by atoms with E-state index < -0.39 is 23.4 Å². The highest BCUT2D eigenvalue weighted by atomic mass is 79.9. The van der Waals surface area contributed by atoms with E-state index in [9.17, 15) is 19.7 Å². The summed E-state index contributed by atoms with van der Waals surface area (Å²) in [5.74, 6) is -1.24. The predicted molar refractivity (Wildman–Crippen MR) is 103 cm³/mol. The summed E-state index contributed by atoms with van der Waals surface area (Å²) in [6, 6.07) is 9.56. The molecule has 0 aliphatic carbocycles. The van der Waals surface area contributed by atoms with Crippen molar-refractivity contribution < 1.29 is 19.2 Å². The van der Waals surface area contributed by atoms with Crippen molar-refractivity contribution in [3.63, 3.8) is 0 Å². The van der Waals surface area contributed by atoms with Crippen molar-refractivity contribution in [1.82, 2.24) is 4.98 Å². The van der Waals surface area contributed by atoms with Gasteiger partial charge in [-0.1, -0.05) is 22.0 Å². The Labute approximate surface area is 161 Å². The van der Waals surface area contributed by atoms with Crippen molar-refractivity contribution in [2.45, 2.75) is 6.92 Å². The largest absolute Gasteiger partial charge is 0.452 e. The third-order valence-electron chi connectivity index (χ3n) is 3.90. The number of carbonyl (C=O) groups is 2. The summed E-state index contributed by atoms with van der Waals surface area (Å²) in [5.41, 5.74) is 1.88. The summed E-state index contributed by atoms with van der Waals surface area (Å²) in [6.45, 7) is 1.19. The van der Waals surface area contributed by atoms with E-state index in [0.29, 0.717) is 22.2 Å². The van der Waals surface area contributed by atoms with Crippen LogP contribution in [0.3, 0.4) is 0 Å². The zero-order valence-electron chi connectivity index (χ0n) is 14.1. The molecule has 0 saturated carbocycles. The molecule has 0 atom stereocenters. The van der Waals surface area contributed by atoms with Gasteiger partial charge in [0.25, 0.3) is 11.6 Å². The van der Waals surface area contributed by atoms with Crippen molar-refractivity contribution in [3.8, 4) is 0 Å². The van der Waals surface area contributed by atoms with Crippen molar-refractivity contribution >= 4 is 50.1 Å². The molecule has 0 fully saturated rings. The number of ether oxygens (including phenoxy) is 1. The van der Waals surface area contributed by atoms with Crippen LogP contribution < -0.4 is 5.32 Å². The van der Waals surface area contributed by atoms with E-state index >= 15 is 0 Å². The number of benzene rings is 2. The molecule has 1 aromatic heterocycles. The van der Waals surface area contributed by atoms with Gasteiger partial charge >= 0.3 is 5.97 Å². The molecule has 138 valence electrons. The minimum absolute atomic E-state index is 0.141. The smallest absolute Gasteiger partial charge is 0.340 e. The number of hydrogen-bond donors (Lipinski definition) is 2. The number of anilines is 1. The first-order chi connectivity index (χ1) is 12.8. The molecule has 0 unspecified atom stereocenters. The van der Waals surface area contributed by atoms with Crippen molar-refractivity contribution in [1.29, 1.82) is 0 Å². The van der Waals surface area contributed by atoms with Crippen molar-refractivity contribution in [3.05, 3.63) is 68.3 Å². The van der Waals surface area contributed by atoms with E-state index in [0.717, 1.165) is 9.99 Å². The van der Waals surface area contributed by atoms with Gasteiger partial charge in [-0.15, -0.1) is 0 Å². The summed E-state index contributed by atoms with van der Waals surface area (Å²) >= 11 is 3.34. The average molecular weight is 432 g/mol. The van der Waals surface area contributed by atoms with Crippen LogP contribution in [0.25, 0.3) is 10.9 Å². The maximum Gasteiger partial charge on any atom is 0.340 e. The number of nitro benzene ring substituents is 1. The third-order valence-corrected chi connectivity index (χ3v) is 4.40. The highest BCUT2D eigenvalue weighted by molar-refractivity contribution is 9.10. The number of amides is 1. The van der Waals surface area contributed by atoms with Crippen LogP contribution in [0.5, 0.6) is 0 Å². The van der Waals surface area contributed by atoms with Gasteiger partial charge in [-0.3, -0.25) is 14.9 Å². The van der Waals surface area contributed by atoms with E-state index in [4.69, 9.17) is 4.74 Å². The lowest BCUT2D eigenvalue weighted by molar-refractivity contribution is -0.384. The number of aromatic amines is 1. The third kappa shape index (κ3) is 4.14. The van der Waals surface area contributed by atoms with Gasteiger partial charge in [-0.2, -0.15) is 0 Å². The molecule has 9 heteroatoms. The predicted octanol–water partition coefficient (Wildman–Crippen LogP) is 3.94. The molecule has 27 heavy (non-hydrogen) atoms. The molecule has 2 N–H and O–H groups in total. The molecule has 3 aromatic rings. The van der Waals surface area contributed by atoms with Crippen LogP contribution in [-0.4, -0.2) is 28.4 Å². The Kier molecular flexibility index (Phi) is 5.22. The summed E-state index contributed by atoms with van der Waals surface area (Å²) < 4.78 is 5.87. The van der Waals surface area contributed by atoms with E-state index in [1.807, 2.05) is 12.1 Å². The molecule has 1 amide bonds. The van der Waals surface area contributed by atoms with E-state index in [1.54, 1.807) is 13.0 Å². The first-order valence-corrected chi connectivity index (χ1v) is 8.63. The molecule has 1 heterocycles. The maximum atomic E-state index is 12.3. The summed E-state index contributed by atoms with van der Waals surface area (Å²) in [4.78, 5) is 37.6. The van der Waals surface area contributed by atoms with Crippen LogP contribution in [0.15, 0.2) is 47.1 Å². The number of aromatic nitrogens is 1. The number of carbonyl (C=O) groups excluding carboxylic acids is 2. The Balaban J connectivity index is 1.67. The second-order valence-corrected chi connectivity index (χ2v) is 6.69. The minimum Gasteiger partial charge on any atom is -0.452 e. The summed E-state index contributed by atoms with van der Waals surface area (Å²) in [7, 11) is 0. The Morgan fingerprint density at radius 2 is 2.04 bits per heavy atom. The van der Waals surface area contributed by atoms with Crippen molar-refractivity contribution in [2.75, 3.05) is 11.9 Å². The fourth-order valence-corrected chi connectivity index (χ4v) is 2.88. The number of halogens is 1. The van der Waals surface area contributed by atoms with Gasteiger partial charge in [-0.25, -0.2) is 4.79 Å². The van der Waals surface area contributed by atoms with Gasteiger partial charge in [0.15, 0.2) is 6.61 Å². The number of nitro groups is 1. The first kappa shape index (κ1) is 18.6. The number of hydrogen-bond acceptors (Lipinski definition) is 5. The number of H-pyrrole nitrogens is 1. The lowest BCUT2D eigenvalue weighted by Gasteiger charge is -2.09. The van der Waals surface area contributed by atoms with Gasteiger partial charge < -0.3 is 15.0 Å². The van der Waals surface area contributed by atoms with Crippen LogP contribution in [0.2, 0.25) is 0 Å². The molecule has 0 aliphatic rings. The van der Waals surface area contributed by atoms with E-state index in [2.05, 4.69) is 26.2 Å². The van der Waals surface area contributed by atoms with Crippen LogP contribution in [0, 0.1) is 17.0 Å². The lowest BCUT2D eigenvalue weighted by Crippen LogP contribution is -2.21. The number of nitrogens with zero attached hydrogens (tertiary/aromatic N) is 1. The zero-order chi connectivity index (χ0) is 19.6. The number of esters is 1. The second kappa shape index (κ2) is 7.58. The Morgan fingerprint density at radius 1 is 1.26 bits per heavy atom. The fraction of sp³-hybridized carbons (Fsp3) is 0.111. The highest BCUT2D eigenvalue weighted by Crippen LogP contribution is 2.24. The zero-order valence-corrected chi connectivity index (χ0v) is 15.7.